The first-order chi connectivity index (χ1) is 29.2. The zero-order valence-electron chi connectivity index (χ0n) is 38.1. The highest BCUT2D eigenvalue weighted by molar-refractivity contribution is 8.02. The van der Waals surface area contributed by atoms with E-state index in [2.05, 4.69) is 28.4 Å². The van der Waals surface area contributed by atoms with Crippen LogP contribution in [0.4, 0.5) is 0 Å². The minimum atomic E-state index is 0.916. The van der Waals surface area contributed by atoms with E-state index in [9.17, 15) is 0 Å². The lowest BCUT2D eigenvalue weighted by molar-refractivity contribution is -0.0263. The monoisotopic (exact) mass is 842 g/mol. The maximum absolute atomic E-state index is 3.45. The first kappa shape index (κ1) is 41.1. The molecule has 12 fully saturated rings. The zero-order valence-corrected chi connectivity index (χ0v) is 39.8. The second-order valence-corrected chi connectivity index (χ2v) is 28.0. The minimum Gasteiger partial charge on any atom is -0.294 e. The Morgan fingerprint density at radius 2 is 0.763 bits per heavy atom. The molecular weight excluding hydrogens is 751 g/mol. The molecular formula is C56H91NS2. The zero-order chi connectivity index (χ0) is 38.9. The lowest BCUT2D eigenvalue weighted by Gasteiger charge is -2.53. The molecule has 17 unspecified atom stereocenters. The lowest BCUT2D eigenvalue weighted by Crippen LogP contribution is -2.54. The van der Waals surface area contributed by atoms with Crippen molar-refractivity contribution in [3.05, 3.63) is 0 Å². The Labute approximate surface area is 373 Å². The molecule has 0 bridgehead atoms. The van der Waals surface area contributed by atoms with Crippen LogP contribution in [0.25, 0.3) is 0 Å². The van der Waals surface area contributed by atoms with Crippen LogP contribution in [0.5, 0.6) is 0 Å². The van der Waals surface area contributed by atoms with Crippen molar-refractivity contribution in [2.24, 2.45) is 82.9 Å². The van der Waals surface area contributed by atoms with Crippen molar-refractivity contribution in [3.8, 4) is 0 Å². The van der Waals surface area contributed by atoms with E-state index in [1.165, 1.54) is 6.42 Å². The third kappa shape index (κ3) is 7.98. The van der Waals surface area contributed by atoms with Gasteiger partial charge in [-0.25, -0.2) is 0 Å². The molecule has 17 atom stereocenters. The van der Waals surface area contributed by atoms with Crippen LogP contribution in [-0.4, -0.2) is 44.0 Å². The molecule has 0 aromatic rings. The predicted molar refractivity (Wildman–Crippen MR) is 254 cm³/mol. The van der Waals surface area contributed by atoms with Gasteiger partial charge in [-0.15, -0.1) is 0 Å². The normalized spacial score (nSPS) is 53.9. The predicted octanol–water partition coefficient (Wildman–Crippen LogP) is 15.8. The lowest BCUT2D eigenvalue weighted by atomic mass is 9.59. The molecule has 10 saturated carbocycles. The van der Waals surface area contributed by atoms with E-state index in [-0.39, 0.29) is 0 Å². The molecule has 3 heteroatoms. The highest BCUT2D eigenvalue weighted by Crippen LogP contribution is 2.66. The Morgan fingerprint density at radius 3 is 1.59 bits per heavy atom. The molecule has 12 aliphatic rings. The summed E-state index contributed by atoms with van der Waals surface area (Å²) >= 11 is 5.22. The molecule has 0 aromatic heterocycles. The average molecular weight is 842 g/mol. The molecule has 0 N–H and O–H groups in total. The van der Waals surface area contributed by atoms with Gasteiger partial charge in [-0.1, -0.05) is 89.9 Å². The quantitative estimate of drug-likeness (QED) is 0.262. The fourth-order valence-corrected chi connectivity index (χ4v) is 25.2. The third-order valence-electron chi connectivity index (χ3n) is 22.9. The van der Waals surface area contributed by atoms with Gasteiger partial charge in [0.15, 0.2) is 0 Å². The number of hydrogen-bond acceptors (Lipinski definition) is 3. The standard InChI is InChI=1S/C56H91NS2/c1-2-12-40-34-41(23-22-36(40)10-1)37-24-28-43(29-25-37)57(44-30-26-39(27-31-44)47-18-8-13-38-11-3-4-16-46(38)47)45-15-7-14-42(35-45)48-19-9-20-49-50-32-33-53-54(56(50)59-55(48)49)51-17-5-6-21-52(51)58-53/h36-56H,1-35H2. The Hall–Kier alpha value is 0.660. The summed E-state index contributed by atoms with van der Waals surface area (Å²) in [6, 6.07) is 2.76. The molecule has 10 aliphatic carbocycles. The molecule has 2 heterocycles. The van der Waals surface area contributed by atoms with Crippen molar-refractivity contribution < 1.29 is 0 Å². The number of thioether (sulfide) groups is 2. The van der Waals surface area contributed by atoms with Crippen molar-refractivity contribution in [3.63, 3.8) is 0 Å². The summed E-state index contributed by atoms with van der Waals surface area (Å²) in [7, 11) is 0. The van der Waals surface area contributed by atoms with Gasteiger partial charge in [0.05, 0.1) is 0 Å². The number of fused-ring (bicyclic) bond motifs is 9. The molecule has 1 nitrogen and oxygen atoms in total. The Bertz CT molecular complexity index is 1380. The molecule has 0 amide bonds. The van der Waals surface area contributed by atoms with Crippen molar-refractivity contribution in [1.82, 2.24) is 4.90 Å². The van der Waals surface area contributed by atoms with Gasteiger partial charge in [0, 0.05) is 39.1 Å². The van der Waals surface area contributed by atoms with Gasteiger partial charge in [-0.3, -0.25) is 4.90 Å². The van der Waals surface area contributed by atoms with E-state index >= 15 is 0 Å². The first-order valence-corrected chi connectivity index (χ1v) is 30.2. The van der Waals surface area contributed by atoms with Gasteiger partial charge in [0.2, 0.25) is 0 Å². The van der Waals surface area contributed by atoms with Gasteiger partial charge in [0.25, 0.3) is 0 Å². The van der Waals surface area contributed by atoms with E-state index in [1.54, 1.807) is 218 Å². The van der Waals surface area contributed by atoms with E-state index < -0.39 is 0 Å². The summed E-state index contributed by atoms with van der Waals surface area (Å²) in [5.41, 5.74) is 0. The largest absolute Gasteiger partial charge is 0.294 e. The van der Waals surface area contributed by atoms with Crippen LogP contribution in [0.2, 0.25) is 0 Å². The molecule has 59 heavy (non-hydrogen) atoms. The fraction of sp³-hybridized carbons (Fsp3) is 1.00. The topological polar surface area (TPSA) is 3.24 Å². The second kappa shape index (κ2) is 18.1. The van der Waals surface area contributed by atoms with Crippen LogP contribution in [-0.2, 0) is 0 Å². The van der Waals surface area contributed by atoms with Crippen LogP contribution in [0.1, 0.15) is 225 Å². The van der Waals surface area contributed by atoms with Gasteiger partial charge in [-0.05, 0) is 218 Å². The van der Waals surface area contributed by atoms with E-state index in [0.717, 1.165) is 122 Å². The number of rotatable bonds is 6. The van der Waals surface area contributed by atoms with Crippen LogP contribution < -0.4 is 0 Å². The van der Waals surface area contributed by atoms with E-state index in [1.807, 2.05) is 0 Å². The van der Waals surface area contributed by atoms with Gasteiger partial charge in [0.1, 0.15) is 0 Å². The Kier molecular flexibility index (Phi) is 12.6. The van der Waals surface area contributed by atoms with Crippen molar-refractivity contribution in [2.45, 2.75) is 264 Å². The third-order valence-corrected chi connectivity index (χ3v) is 26.7. The molecule has 2 aliphatic heterocycles. The Balaban J connectivity index is 0.747. The summed E-state index contributed by atoms with van der Waals surface area (Å²) in [5, 5.41) is 4.17. The second-order valence-electron chi connectivity index (χ2n) is 25.1. The van der Waals surface area contributed by atoms with Crippen LogP contribution >= 0.6 is 23.5 Å². The summed E-state index contributed by atoms with van der Waals surface area (Å²) in [6.07, 6.45) is 55.3. The summed E-state index contributed by atoms with van der Waals surface area (Å²) in [5.74, 6) is 15.3. The number of nitrogens with zero attached hydrogens (tertiary/aromatic N) is 1. The van der Waals surface area contributed by atoms with Gasteiger partial charge >= 0.3 is 0 Å². The molecule has 0 aromatic carbocycles. The Morgan fingerprint density at radius 1 is 0.254 bits per heavy atom. The molecule has 12 rings (SSSR count). The van der Waals surface area contributed by atoms with Crippen molar-refractivity contribution >= 4 is 23.5 Å². The van der Waals surface area contributed by atoms with Crippen molar-refractivity contribution in [1.29, 1.82) is 0 Å². The highest BCUT2D eigenvalue weighted by Gasteiger charge is 2.59. The summed E-state index contributed by atoms with van der Waals surface area (Å²) in [6.45, 7) is 0. The smallest absolute Gasteiger partial charge is 0.0123 e. The van der Waals surface area contributed by atoms with Crippen LogP contribution in [0, 0.1) is 82.9 Å². The van der Waals surface area contributed by atoms with Gasteiger partial charge < -0.3 is 0 Å². The summed E-state index contributed by atoms with van der Waals surface area (Å²) in [4.78, 5) is 3.45. The molecule has 0 spiro atoms. The van der Waals surface area contributed by atoms with E-state index in [4.69, 9.17) is 0 Å². The van der Waals surface area contributed by atoms with Crippen LogP contribution in [0.15, 0.2) is 0 Å². The first-order valence-electron chi connectivity index (χ1n) is 28.3. The van der Waals surface area contributed by atoms with Crippen LogP contribution in [0.3, 0.4) is 0 Å². The molecule has 2 saturated heterocycles. The fourth-order valence-electron chi connectivity index (χ4n) is 20.4. The van der Waals surface area contributed by atoms with Gasteiger partial charge in [-0.2, -0.15) is 23.5 Å². The maximum atomic E-state index is 3.45. The SMILES string of the molecule is C1CCC2CC(C3CCC(N(C4CCC(C5CCCC6CCCCC65)CC4)C4CCCC(C5CCCC6C7CCC8SC9CCCCC9C8C7SC56)C4)CC3)CCC2C1. The average Bonchev–Trinajstić information content (AvgIpc) is 3.88. The molecule has 0 radical (unpaired) electrons. The number of hydrogen-bond donors (Lipinski definition) is 0. The van der Waals surface area contributed by atoms with Crippen molar-refractivity contribution in [2.75, 3.05) is 0 Å². The van der Waals surface area contributed by atoms with E-state index in [0.29, 0.717) is 0 Å². The maximum Gasteiger partial charge on any atom is 0.0123 e. The highest BCUT2D eigenvalue weighted by atomic mass is 32.2. The molecule has 332 valence electrons. The minimum absolute atomic E-state index is 0.916. The summed E-state index contributed by atoms with van der Waals surface area (Å²) < 4.78 is 0.